The van der Waals surface area contributed by atoms with Gasteiger partial charge in [-0.2, -0.15) is 0 Å². The standard InChI is InChI=1S/C33H42N3OSi.CH4.BF3.FH/c1-24-21-25(2)31(26(3)22-24)36-23-35-29(19-20-30(35)34-36)33(27-15-11-9-12-16-27,28-17-13-10-14-18-28)37-38(7,8)32(4,5)6;;2-1(3)4;/h9-18,21-23,29H,19-20H2,1-8H3;1H4;;1H/q+1;;;/p-1. The third-order valence-electron chi connectivity index (χ3n) is 8.69. The third-order valence-corrected chi connectivity index (χ3v) is 13.1. The Morgan fingerprint density at radius 2 is 1.34 bits per heavy atom. The molecule has 3 aromatic carbocycles. The Kier molecular flexibility index (Phi) is 12.0. The van der Waals surface area contributed by atoms with E-state index in [1.54, 1.807) is 0 Å². The molecule has 1 aliphatic rings. The second kappa shape index (κ2) is 14.2. The fraction of sp³-hybridized carbons (Fsp3) is 0.412. The summed E-state index contributed by atoms with van der Waals surface area (Å²) in [5.74, 6) is 1.12. The maximum atomic E-state index is 9.67. The van der Waals surface area contributed by atoms with Crippen molar-refractivity contribution in [1.29, 1.82) is 0 Å². The van der Waals surface area contributed by atoms with Gasteiger partial charge in [-0.15, -0.1) is 0 Å². The molecule has 1 unspecified atom stereocenters. The number of halogens is 4. The quantitative estimate of drug-likeness (QED) is 0.148. The van der Waals surface area contributed by atoms with Gasteiger partial charge in [-0.3, -0.25) is 12.9 Å². The van der Waals surface area contributed by atoms with Crippen LogP contribution in [0.3, 0.4) is 0 Å². The van der Waals surface area contributed by atoms with Crippen LogP contribution in [0.4, 0.5) is 12.9 Å². The van der Waals surface area contributed by atoms with E-state index in [9.17, 15) is 12.9 Å². The van der Waals surface area contributed by atoms with Crippen LogP contribution in [0.2, 0.25) is 18.1 Å². The Morgan fingerprint density at radius 1 is 0.886 bits per heavy atom. The number of rotatable bonds is 6. The lowest BCUT2D eigenvalue weighted by molar-refractivity contribution is -0.730. The normalized spacial score (nSPS) is 14.5. The van der Waals surface area contributed by atoms with Gasteiger partial charge in [-0.1, -0.05) is 111 Å². The highest BCUT2D eigenvalue weighted by molar-refractivity contribution is 6.74. The molecule has 0 saturated heterocycles. The lowest BCUT2D eigenvalue weighted by Crippen LogP contribution is -3.00. The van der Waals surface area contributed by atoms with Gasteiger partial charge in [0.15, 0.2) is 8.32 Å². The largest absolute Gasteiger partial charge is 1.00 e. The number of hydrogen-bond acceptors (Lipinski definition) is 2. The minimum atomic E-state index is -3.67. The minimum absolute atomic E-state index is 0. The van der Waals surface area contributed by atoms with Gasteiger partial charge in [-0.25, -0.2) is 4.57 Å². The van der Waals surface area contributed by atoms with Crippen molar-refractivity contribution < 1.29 is 26.6 Å². The molecule has 4 nitrogen and oxygen atoms in total. The van der Waals surface area contributed by atoms with Crippen molar-refractivity contribution in [1.82, 2.24) is 9.78 Å². The molecule has 0 bridgehead atoms. The first kappa shape index (κ1) is 37.0. The molecule has 4 aromatic rings. The Balaban J connectivity index is 0.00000106. The summed E-state index contributed by atoms with van der Waals surface area (Å²) in [6.45, 7) is 18.2. The molecule has 1 atom stereocenters. The molecule has 1 aliphatic heterocycles. The van der Waals surface area contributed by atoms with E-state index in [0.717, 1.165) is 18.7 Å². The molecule has 238 valence electrons. The Labute approximate surface area is 262 Å². The van der Waals surface area contributed by atoms with Crippen molar-refractivity contribution in [2.75, 3.05) is 0 Å². The molecule has 2 heterocycles. The van der Waals surface area contributed by atoms with Crippen LogP contribution in [0.15, 0.2) is 79.1 Å². The van der Waals surface area contributed by atoms with E-state index in [-0.39, 0.29) is 23.2 Å². The highest BCUT2D eigenvalue weighted by Crippen LogP contribution is 2.50. The van der Waals surface area contributed by atoms with E-state index in [1.165, 1.54) is 33.5 Å². The molecular formula is C34H46BF4N3OSi. The third kappa shape index (κ3) is 7.34. The molecule has 0 aliphatic carbocycles. The zero-order chi connectivity index (χ0) is 30.9. The topological polar surface area (TPSA) is 30.9 Å². The summed E-state index contributed by atoms with van der Waals surface area (Å²) in [7, 11) is -5.88. The highest BCUT2D eigenvalue weighted by atomic mass is 28.4. The predicted molar refractivity (Wildman–Crippen MR) is 173 cm³/mol. The lowest BCUT2D eigenvalue weighted by atomic mass is 9.79. The molecule has 44 heavy (non-hydrogen) atoms. The summed E-state index contributed by atoms with van der Waals surface area (Å²) >= 11 is 0. The second-order valence-electron chi connectivity index (χ2n) is 12.8. The Bertz CT molecular complexity index is 1440. The van der Waals surface area contributed by atoms with E-state index in [2.05, 4.69) is 143 Å². The maximum absolute atomic E-state index is 9.67. The summed E-state index contributed by atoms with van der Waals surface area (Å²) in [6.07, 6.45) is 4.12. The molecule has 5 rings (SSSR count). The number of aryl methyl sites for hydroxylation is 4. The lowest BCUT2D eigenvalue weighted by Gasteiger charge is -2.48. The first-order valence-electron chi connectivity index (χ1n) is 14.5. The number of aromatic nitrogens is 3. The summed E-state index contributed by atoms with van der Waals surface area (Å²) in [5.41, 5.74) is 6.72. The highest BCUT2D eigenvalue weighted by Gasteiger charge is 2.55. The van der Waals surface area contributed by atoms with Crippen LogP contribution >= 0.6 is 0 Å². The van der Waals surface area contributed by atoms with Gasteiger partial charge in [0.1, 0.15) is 17.3 Å². The first-order valence-corrected chi connectivity index (χ1v) is 17.4. The van der Waals surface area contributed by atoms with Crippen LogP contribution in [0.5, 0.6) is 0 Å². The zero-order valence-corrected chi connectivity index (χ0v) is 27.3. The average molecular weight is 628 g/mol. The van der Waals surface area contributed by atoms with Crippen molar-refractivity contribution >= 4 is 15.9 Å². The van der Waals surface area contributed by atoms with E-state index < -0.39 is 21.5 Å². The second-order valence-corrected chi connectivity index (χ2v) is 17.5. The summed E-state index contributed by atoms with van der Waals surface area (Å²) < 4.78 is 41.2. The van der Waals surface area contributed by atoms with Crippen LogP contribution in [0.25, 0.3) is 5.69 Å². The summed E-state index contributed by atoms with van der Waals surface area (Å²) in [6, 6.07) is 26.3. The summed E-state index contributed by atoms with van der Waals surface area (Å²) in [4.78, 5) is 0. The zero-order valence-electron chi connectivity index (χ0n) is 26.3. The smallest absolute Gasteiger partial charge is 0.762 e. The monoisotopic (exact) mass is 627 g/mol. The van der Waals surface area contributed by atoms with Crippen LogP contribution in [-0.2, 0) is 16.4 Å². The molecule has 0 spiro atoms. The average Bonchev–Trinajstić information content (AvgIpc) is 3.48. The molecule has 0 saturated carbocycles. The molecular weight excluding hydrogens is 581 g/mol. The van der Waals surface area contributed by atoms with Crippen LogP contribution in [0.1, 0.15) is 74.3 Å². The SMILES string of the molecule is C.Cc1cc(C)c(-n2c[n+]3c(n2)CCC3C(O[Si](C)(C)C(C)(C)C)(c2ccccc2)c2ccccc2)c(C)c1.FB(F)F.[F-]. The molecule has 0 fully saturated rings. The van der Waals surface area contributed by atoms with Gasteiger partial charge >= 0.3 is 7.54 Å². The Hall–Kier alpha value is -3.24. The van der Waals surface area contributed by atoms with Gasteiger partial charge in [0.05, 0.1) is 0 Å². The fourth-order valence-electron chi connectivity index (χ4n) is 5.94. The van der Waals surface area contributed by atoms with E-state index >= 15 is 0 Å². The molecule has 0 amide bonds. The predicted octanol–water partition coefficient (Wildman–Crippen LogP) is 6.06. The van der Waals surface area contributed by atoms with Gasteiger partial charge in [0, 0.05) is 11.5 Å². The van der Waals surface area contributed by atoms with Gasteiger partial charge in [-0.05, 0) is 67.6 Å². The van der Waals surface area contributed by atoms with Gasteiger partial charge in [0.25, 0.3) is 5.82 Å². The van der Waals surface area contributed by atoms with Crippen molar-refractivity contribution in [3.8, 4) is 5.69 Å². The van der Waals surface area contributed by atoms with Crippen LogP contribution in [-0.4, -0.2) is 25.6 Å². The maximum Gasteiger partial charge on any atom is 0.762 e. The summed E-state index contributed by atoms with van der Waals surface area (Å²) in [5, 5.41) is 5.21. The van der Waals surface area contributed by atoms with E-state index in [4.69, 9.17) is 9.52 Å². The van der Waals surface area contributed by atoms with Crippen molar-refractivity contribution in [2.24, 2.45) is 0 Å². The van der Waals surface area contributed by atoms with Gasteiger partial charge in [0.2, 0.25) is 6.33 Å². The molecule has 10 heteroatoms. The number of hydrogen-bond donors (Lipinski definition) is 0. The molecule has 0 N–H and O–H groups in total. The van der Waals surface area contributed by atoms with E-state index in [0.29, 0.717) is 0 Å². The minimum Gasteiger partial charge on any atom is -1.00 e. The number of benzene rings is 3. The first-order chi connectivity index (χ1) is 19.7. The fourth-order valence-corrected chi connectivity index (χ4v) is 7.42. The van der Waals surface area contributed by atoms with Gasteiger partial charge < -0.3 is 9.13 Å². The van der Waals surface area contributed by atoms with Crippen LogP contribution < -0.4 is 9.27 Å². The van der Waals surface area contributed by atoms with Crippen molar-refractivity contribution in [3.05, 3.63) is 113 Å². The number of nitrogens with zero attached hydrogens (tertiary/aromatic N) is 3. The Morgan fingerprint density at radius 3 is 1.77 bits per heavy atom. The van der Waals surface area contributed by atoms with Crippen LogP contribution in [0, 0.1) is 20.8 Å². The number of fused-ring (bicyclic) bond motifs is 1. The molecule has 0 radical (unpaired) electrons. The van der Waals surface area contributed by atoms with Crippen molar-refractivity contribution in [2.45, 2.75) is 91.6 Å². The van der Waals surface area contributed by atoms with E-state index in [1.807, 2.05) is 0 Å². The molecule has 1 aromatic heterocycles. The van der Waals surface area contributed by atoms with Crippen molar-refractivity contribution in [3.63, 3.8) is 0 Å².